The Kier molecular flexibility index (Phi) is 7.18. The van der Waals surface area contributed by atoms with Crippen molar-refractivity contribution in [1.29, 1.82) is 0 Å². The fourth-order valence-corrected chi connectivity index (χ4v) is 4.22. The normalized spacial score (nSPS) is 16.1. The molecule has 1 aliphatic rings. The van der Waals surface area contributed by atoms with E-state index in [9.17, 15) is 4.79 Å². The van der Waals surface area contributed by atoms with Crippen LogP contribution in [-0.4, -0.2) is 32.5 Å². The molecule has 1 aliphatic carbocycles. The number of hydrogen-bond donors (Lipinski definition) is 1. The molecule has 0 aliphatic heterocycles. The Hall–Kier alpha value is -1.54. The highest BCUT2D eigenvalue weighted by molar-refractivity contribution is 9.10. The van der Waals surface area contributed by atoms with Crippen molar-refractivity contribution in [3.8, 4) is 5.75 Å². The van der Waals surface area contributed by atoms with E-state index in [1.54, 1.807) is 0 Å². The Morgan fingerprint density at radius 1 is 1.30 bits per heavy atom. The smallest absolute Gasteiger partial charge is 0.230 e. The Labute approximate surface area is 172 Å². The lowest BCUT2D eigenvalue weighted by Gasteiger charge is -2.22. The summed E-state index contributed by atoms with van der Waals surface area (Å²) >= 11 is 4.82. The lowest BCUT2D eigenvalue weighted by atomic mass is 9.95. The summed E-state index contributed by atoms with van der Waals surface area (Å²) in [6, 6.07) is 8.02. The minimum atomic E-state index is -0.242. The fourth-order valence-electron chi connectivity index (χ4n) is 3.22. The molecule has 0 saturated heterocycles. The second-order valence-corrected chi connectivity index (χ2v) is 8.66. The predicted molar refractivity (Wildman–Crippen MR) is 110 cm³/mol. The number of nitrogens with one attached hydrogen (secondary N) is 1. The van der Waals surface area contributed by atoms with Gasteiger partial charge in [0.05, 0.1) is 5.75 Å². The van der Waals surface area contributed by atoms with Gasteiger partial charge in [0.2, 0.25) is 5.91 Å². The van der Waals surface area contributed by atoms with Gasteiger partial charge in [0.15, 0.2) is 17.1 Å². The van der Waals surface area contributed by atoms with Gasteiger partial charge < -0.3 is 14.6 Å². The predicted octanol–water partition coefficient (Wildman–Crippen LogP) is 4.26. The number of rotatable bonds is 7. The molecule has 1 aromatic carbocycles. The first-order chi connectivity index (χ1) is 13.0. The summed E-state index contributed by atoms with van der Waals surface area (Å²) in [7, 11) is 1.90. The summed E-state index contributed by atoms with van der Waals surface area (Å²) in [6.45, 7) is 1.94. The molecule has 1 atom stereocenters. The van der Waals surface area contributed by atoms with Crippen molar-refractivity contribution in [1.82, 2.24) is 20.1 Å². The van der Waals surface area contributed by atoms with Crippen LogP contribution in [0.5, 0.6) is 5.75 Å². The molecule has 1 heterocycles. The molecule has 1 aromatic heterocycles. The number of carbonyl (C=O) groups excluding carboxylic acids is 1. The maximum absolute atomic E-state index is 12.2. The van der Waals surface area contributed by atoms with Crippen molar-refractivity contribution >= 4 is 33.6 Å². The molecule has 0 spiro atoms. The van der Waals surface area contributed by atoms with Gasteiger partial charge in [-0.15, -0.1) is 10.2 Å². The van der Waals surface area contributed by atoms with Crippen molar-refractivity contribution in [2.45, 2.75) is 56.3 Å². The Morgan fingerprint density at radius 2 is 2.00 bits per heavy atom. The van der Waals surface area contributed by atoms with E-state index in [2.05, 4.69) is 31.4 Å². The minimum Gasteiger partial charge on any atom is -0.483 e. The first-order valence-corrected chi connectivity index (χ1v) is 11.0. The SMILES string of the molecule is CC(Oc1ccc(Br)cc1)c1nnc(SCC(=O)NC2CCCCC2)n1C. The van der Waals surface area contributed by atoms with Gasteiger partial charge in [-0.2, -0.15) is 0 Å². The third-order valence-electron chi connectivity index (χ3n) is 4.66. The number of hydrogen-bond acceptors (Lipinski definition) is 5. The van der Waals surface area contributed by atoms with E-state index in [4.69, 9.17) is 4.74 Å². The van der Waals surface area contributed by atoms with E-state index >= 15 is 0 Å². The van der Waals surface area contributed by atoms with Crippen LogP contribution in [0.3, 0.4) is 0 Å². The standard InChI is InChI=1S/C19H25BrN4O2S/c1-13(26-16-10-8-14(20)9-11-16)18-22-23-19(24(18)2)27-12-17(25)21-15-6-4-3-5-7-15/h8-11,13,15H,3-7,12H2,1-2H3,(H,21,25). The van der Waals surface area contributed by atoms with Gasteiger partial charge in [0.25, 0.3) is 0 Å². The number of amides is 1. The lowest BCUT2D eigenvalue weighted by molar-refractivity contribution is -0.119. The molecule has 1 fully saturated rings. The Balaban J connectivity index is 1.52. The second-order valence-electron chi connectivity index (χ2n) is 6.80. The van der Waals surface area contributed by atoms with Crippen LogP contribution in [0.2, 0.25) is 0 Å². The van der Waals surface area contributed by atoms with E-state index in [-0.39, 0.29) is 12.0 Å². The molecular formula is C19H25BrN4O2S. The number of nitrogens with zero attached hydrogens (tertiary/aromatic N) is 3. The van der Waals surface area contributed by atoms with Crippen LogP contribution >= 0.6 is 27.7 Å². The molecule has 1 unspecified atom stereocenters. The van der Waals surface area contributed by atoms with E-state index in [0.717, 1.165) is 34.0 Å². The molecular weight excluding hydrogens is 428 g/mol. The molecule has 1 amide bonds. The summed E-state index contributed by atoms with van der Waals surface area (Å²) in [5.74, 6) is 1.92. The third kappa shape index (κ3) is 5.72. The van der Waals surface area contributed by atoms with Gasteiger partial charge in [0.1, 0.15) is 5.75 Å². The first kappa shape index (κ1) is 20.2. The maximum atomic E-state index is 12.2. The summed E-state index contributed by atoms with van der Waals surface area (Å²) in [5.41, 5.74) is 0. The molecule has 3 rings (SSSR count). The largest absolute Gasteiger partial charge is 0.483 e. The highest BCUT2D eigenvalue weighted by Crippen LogP contribution is 2.25. The third-order valence-corrected chi connectivity index (χ3v) is 6.21. The molecule has 27 heavy (non-hydrogen) atoms. The molecule has 0 bridgehead atoms. The fraction of sp³-hybridized carbons (Fsp3) is 0.526. The summed E-state index contributed by atoms with van der Waals surface area (Å²) in [6.07, 6.45) is 5.64. The average Bonchev–Trinajstić information content (AvgIpc) is 3.03. The van der Waals surface area contributed by atoms with Crippen molar-refractivity contribution < 1.29 is 9.53 Å². The molecule has 1 N–H and O–H groups in total. The first-order valence-electron chi connectivity index (χ1n) is 9.26. The summed E-state index contributed by atoms with van der Waals surface area (Å²) < 4.78 is 8.84. The van der Waals surface area contributed by atoms with Gasteiger partial charge in [-0.1, -0.05) is 47.0 Å². The van der Waals surface area contributed by atoms with E-state index in [1.165, 1.54) is 31.0 Å². The van der Waals surface area contributed by atoms with Gasteiger partial charge in [-0.05, 0) is 44.0 Å². The molecule has 2 aromatic rings. The zero-order valence-corrected chi connectivity index (χ0v) is 18.1. The van der Waals surface area contributed by atoms with Gasteiger partial charge in [0, 0.05) is 17.6 Å². The number of ether oxygens (including phenoxy) is 1. The zero-order valence-electron chi connectivity index (χ0n) is 15.7. The summed E-state index contributed by atoms with van der Waals surface area (Å²) in [5, 5.41) is 12.3. The van der Waals surface area contributed by atoms with Crippen LogP contribution in [-0.2, 0) is 11.8 Å². The van der Waals surface area contributed by atoms with Gasteiger partial charge in [-0.3, -0.25) is 4.79 Å². The highest BCUT2D eigenvalue weighted by Gasteiger charge is 2.19. The molecule has 1 saturated carbocycles. The van der Waals surface area contributed by atoms with Crippen molar-refractivity contribution in [2.75, 3.05) is 5.75 Å². The van der Waals surface area contributed by atoms with Crippen LogP contribution in [0, 0.1) is 0 Å². The minimum absolute atomic E-state index is 0.0654. The maximum Gasteiger partial charge on any atom is 0.230 e. The Morgan fingerprint density at radius 3 is 2.70 bits per heavy atom. The van der Waals surface area contributed by atoms with Crippen LogP contribution in [0.1, 0.15) is 51.0 Å². The quantitative estimate of drug-likeness (QED) is 0.635. The van der Waals surface area contributed by atoms with Crippen molar-refractivity contribution in [3.05, 3.63) is 34.6 Å². The average molecular weight is 453 g/mol. The number of halogens is 1. The lowest BCUT2D eigenvalue weighted by Crippen LogP contribution is -2.37. The van der Waals surface area contributed by atoms with Crippen molar-refractivity contribution in [2.24, 2.45) is 7.05 Å². The highest BCUT2D eigenvalue weighted by atomic mass is 79.9. The zero-order chi connectivity index (χ0) is 19.2. The number of aromatic nitrogens is 3. The monoisotopic (exact) mass is 452 g/mol. The van der Waals surface area contributed by atoms with E-state index < -0.39 is 0 Å². The van der Waals surface area contributed by atoms with E-state index in [0.29, 0.717) is 11.8 Å². The number of thioether (sulfide) groups is 1. The molecule has 0 radical (unpaired) electrons. The van der Waals surface area contributed by atoms with Crippen LogP contribution in [0.4, 0.5) is 0 Å². The molecule has 8 heteroatoms. The second kappa shape index (κ2) is 9.59. The number of carbonyl (C=O) groups is 1. The van der Waals surface area contributed by atoms with Crippen molar-refractivity contribution in [3.63, 3.8) is 0 Å². The topological polar surface area (TPSA) is 69.0 Å². The van der Waals surface area contributed by atoms with Crippen LogP contribution in [0.15, 0.2) is 33.9 Å². The van der Waals surface area contributed by atoms with Crippen LogP contribution < -0.4 is 10.1 Å². The number of benzene rings is 1. The van der Waals surface area contributed by atoms with Gasteiger partial charge in [-0.25, -0.2) is 0 Å². The summed E-state index contributed by atoms with van der Waals surface area (Å²) in [4.78, 5) is 12.2. The van der Waals surface area contributed by atoms with E-state index in [1.807, 2.05) is 42.8 Å². The molecule has 146 valence electrons. The van der Waals surface area contributed by atoms with Gasteiger partial charge >= 0.3 is 0 Å². The van der Waals surface area contributed by atoms with Crippen LogP contribution in [0.25, 0.3) is 0 Å². The molecule has 6 nitrogen and oxygen atoms in total. The Bertz CT molecular complexity index is 760.